The first-order chi connectivity index (χ1) is 8.63. The Morgan fingerprint density at radius 3 is 2.61 bits per heavy atom. The predicted octanol–water partition coefficient (Wildman–Crippen LogP) is 3.44. The molecule has 18 heavy (non-hydrogen) atoms. The van der Waals surface area contributed by atoms with E-state index in [1.165, 1.54) is 0 Å². The molecule has 0 spiro atoms. The third-order valence-corrected chi connectivity index (χ3v) is 4.28. The first-order valence-electron chi connectivity index (χ1n) is 6.56. The molecule has 1 aliphatic rings. The van der Waals surface area contributed by atoms with Crippen LogP contribution < -0.4 is 5.32 Å². The highest BCUT2D eigenvalue weighted by Gasteiger charge is 2.28. The number of carbonyl (C=O) groups is 1. The van der Waals surface area contributed by atoms with E-state index >= 15 is 0 Å². The molecule has 2 rings (SSSR count). The summed E-state index contributed by atoms with van der Waals surface area (Å²) < 4.78 is 0. The molecule has 0 aliphatic heterocycles. The van der Waals surface area contributed by atoms with Crippen molar-refractivity contribution >= 4 is 17.5 Å². The van der Waals surface area contributed by atoms with E-state index in [0.717, 1.165) is 36.0 Å². The standard InChI is InChI=1S/C15H20ClNO/c1-10-5-3-6-11(2)14(10)15(18)17-13-8-4-7-12(13)9-16/h3,5-6,12-13H,4,7-9H2,1-2H3,(H,17,18). The molecule has 1 aromatic carbocycles. The summed E-state index contributed by atoms with van der Waals surface area (Å²) >= 11 is 5.94. The first-order valence-corrected chi connectivity index (χ1v) is 7.10. The molecule has 1 aromatic rings. The Labute approximate surface area is 114 Å². The van der Waals surface area contributed by atoms with Gasteiger partial charge in [0, 0.05) is 17.5 Å². The lowest BCUT2D eigenvalue weighted by atomic mass is 10.0. The van der Waals surface area contributed by atoms with Gasteiger partial charge in [0.15, 0.2) is 0 Å². The monoisotopic (exact) mass is 265 g/mol. The van der Waals surface area contributed by atoms with E-state index < -0.39 is 0 Å². The fourth-order valence-corrected chi connectivity index (χ4v) is 3.19. The van der Waals surface area contributed by atoms with Crippen molar-refractivity contribution in [1.29, 1.82) is 0 Å². The van der Waals surface area contributed by atoms with Gasteiger partial charge in [-0.3, -0.25) is 4.79 Å². The number of hydrogen-bond donors (Lipinski definition) is 1. The Balaban J connectivity index is 2.12. The summed E-state index contributed by atoms with van der Waals surface area (Å²) in [6.45, 7) is 3.96. The minimum Gasteiger partial charge on any atom is -0.349 e. The van der Waals surface area contributed by atoms with Crippen LogP contribution in [0.4, 0.5) is 0 Å². The van der Waals surface area contributed by atoms with Crippen LogP contribution >= 0.6 is 11.6 Å². The molecule has 2 unspecified atom stereocenters. The van der Waals surface area contributed by atoms with Crippen LogP contribution in [0.5, 0.6) is 0 Å². The van der Waals surface area contributed by atoms with E-state index in [-0.39, 0.29) is 11.9 Å². The summed E-state index contributed by atoms with van der Waals surface area (Å²) in [5.74, 6) is 1.12. The highest BCUT2D eigenvalue weighted by Crippen LogP contribution is 2.27. The van der Waals surface area contributed by atoms with Gasteiger partial charge in [0.2, 0.25) is 0 Å². The molecule has 98 valence electrons. The number of amides is 1. The molecule has 1 N–H and O–H groups in total. The second-order valence-electron chi connectivity index (χ2n) is 5.19. The summed E-state index contributed by atoms with van der Waals surface area (Å²) in [6.07, 6.45) is 3.34. The Morgan fingerprint density at radius 2 is 2.00 bits per heavy atom. The number of hydrogen-bond acceptors (Lipinski definition) is 1. The van der Waals surface area contributed by atoms with Crippen LogP contribution in [0.2, 0.25) is 0 Å². The fraction of sp³-hybridized carbons (Fsp3) is 0.533. The van der Waals surface area contributed by atoms with Gasteiger partial charge in [-0.2, -0.15) is 0 Å². The molecular weight excluding hydrogens is 246 g/mol. The topological polar surface area (TPSA) is 29.1 Å². The average molecular weight is 266 g/mol. The van der Waals surface area contributed by atoms with Gasteiger partial charge in [-0.25, -0.2) is 0 Å². The van der Waals surface area contributed by atoms with E-state index in [0.29, 0.717) is 11.8 Å². The third-order valence-electron chi connectivity index (χ3n) is 3.88. The number of aryl methyl sites for hydroxylation is 2. The van der Waals surface area contributed by atoms with Crippen LogP contribution in [-0.4, -0.2) is 17.8 Å². The van der Waals surface area contributed by atoms with Gasteiger partial charge in [-0.05, 0) is 43.7 Å². The van der Waals surface area contributed by atoms with Gasteiger partial charge in [-0.15, -0.1) is 11.6 Å². The van der Waals surface area contributed by atoms with Crippen molar-refractivity contribution < 1.29 is 4.79 Å². The van der Waals surface area contributed by atoms with E-state index in [1.807, 2.05) is 32.0 Å². The first kappa shape index (κ1) is 13.4. The van der Waals surface area contributed by atoms with E-state index in [2.05, 4.69) is 5.32 Å². The number of halogens is 1. The lowest BCUT2D eigenvalue weighted by Crippen LogP contribution is -2.38. The molecular formula is C15H20ClNO. The minimum atomic E-state index is 0.0487. The van der Waals surface area contributed by atoms with Crippen LogP contribution in [0.3, 0.4) is 0 Å². The molecule has 0 bridgehead atoms. The van der Waals surface area contributed by atoms with Crippen molar-refractivity contribution in [1.82, 2.24) is 5.32 Å². The van der Waals surface area contributed by atoms with Crippen molar-refractivity contribution in [2.45, 2.75) is 39.2 Å². The highest BCUT2D eigenvalue weighted by atomic mass is 35.5. The maximum absolute atomic E-state index is 12.3. The van der Waals surface area contributed by atoms with Crippen LogP contribution in [0.1, 0.15) is 40.7 Å². The Morgan fingerprint density at radius 1 is 1.33 bits per heavy atom. The van der Waals surface area contributed by atoms with E-state index in [9.17, 15) is 4.79 Å². The van der Waals surface area contributed by atoms with E-state index in [1.54, 1.807) is 0 Å². The second kappa shape index (κ2) is 5.75. The fourth-order valence-electron chi connectivity index (χ4n) is 2.82. The van der Waals surface area contributed by atoms with Crippen LogP contribution in [0.15, 0.2) is 18.2 Å². The largest absolute Gasteiger partial charge is 0.349 e. The normalized spacial score (nSPS) is 23.1. The Kier molecular flexibility index (Phi) is 4.28. The van der Waals surface area contributed by atoms with Crippen molar-refractivity contribution in [2.75, 3.05) is 5.88 Å². The van der Waals surface area contributed by atoms with Crippen molar-refractivity contribution in [3.63, 3.8) is 0 Å². The number of carbonyl (C=O) groups excluding carboxylic acids is 1. The number of nitrogens with one attached hydrogen (secondary N) is 1. The van der Waals surface area contributed by atoms with Gasteiger partial charge in [0.05, 0.1) is 0 Å². The van der Waals surface area contributed by atoms with Crippen molar-refractivity contribution in [2.24, 2.45) is 5.92 Å². The lowest BCUT2D eigenvalue weighted by Gasteiger charge is -2.20. The number of alkyl halides is 1. The summed E-state index contributed by atoms with van der Waals surface area (Å²) in [4.78, 5) is 12.3. The van der Waals surface area contributed by atoms with Crippen LogP contribution in [0, 0.1) is 19.8 Å². The van der Waals surface area contributed by atoms with Gasteiger partial charge < -0.3 is 5.32 Å². The number of rotatable bonds is 3. The van der Waals surface area contributed by atoms with Gasteiger partial charge >= 0.3 is 0 Å². The van der Waals surface area contributed by atoms with Crippen LogP contribution in [-0.2, 0) is 0 Å². The second-order valence-corrected chi connectivity index (χ2v) is 5.50. The smallest absolute Gasteiger partial charge is 0.252 e. The molecule has 3 heteroatoms. The van der Waals surface area contributed by atoms with Crippen molar-refractivity contribution in [3.8, 4) is 0 Å². The predicted molar refractivity (Wildman–Crippen MR) is 75.2 cm³/mol. The lowest BCUT2D eigenvalue weighted by molar-refractivity contribution is 0.0929. The molecule has 2 atom stereocenters. The maximum Gasteiger partial charge on any atom is 0.252 e. The SMILES string of the molecule is Cc1cccc(C)c1C(=O)NC1CCCC1CCl. The molecule has 0 heterocycles. The summed E-state index contributed by atoms with van der Waals surface area (Å²) in [5.41, 5.74) is 2.89. The quantitative estimate of drug-likeness (QED) is 0.834. The Bertz CT molecular complexity index is 424. The molecule has 2 nitrogen and oxygen atoms in total. The van der Waals surface area contributed by atoms with E-state index in [4.69, 9.17) is 11.6 Å². The summed E-state index contributed by atoms with van der Waals surface area (Å²) in [6, 6.07) is 6.19. The summed E-state index contributed by atoms with van der Waals surface area (Å²) in [5, 5.41) is 3.15. The Hall–Kier alpha value is -1.02. The third kappa shape index (κ3) is 2.69. The van der Waals surface area contributed by atoms with Gasteiger partial charge in [0.25, 0.3) is 5.91 Å². The zero-order chi connectivity index (χ0) is 13.1. The molecule has 0 saturated heterocycles. The number of benzene rings is 1. The van der Waals surface area contributed by atoms with Gasteiger partial charge in [-0.1, -0.05) is 24.6 Å². The zero-order valence-corrected chi connectivity index (χ0v) is 11.8. The summed E-state index contributed by atoms with van der Waals surface area (Å²) in [7, 11) is 0. The molecule has 1 aliphatic carbocycles. The molecule has 1 fully saturated rings. The molecule has 1 saturated carbocycles. The van der Waals surface area contributed by atoms with Crippen molar-refractivity contribution in [3.05, 3.63) is 34.9 Å². The average Bonchev–Trinajstić information content (AvgIpc) is 2.76. The molecule has 0 aromatic heterocycles. The molecule has 1 amide bonds. The maximum atomic E-state index is 12.3. The van der Waals surface area contributed by atoms with Gasteiger partial charge in [0.1, 0.15) is 0 Å². The zero-order valence-electron chi connectivity index (χ0n) is 11.0. The minimum absolute atomic E-state index is 0.0487. The van der Waals surface area contributed by atoms with Crippen LogP contribution in [0.25, 0.3) is 0 Å². The highest BCUT2D eigenvalue weighted by molar-refractivity contribution is 6.18. The molecule has 0 radical (unpaired) electrons.